The van der Waals surface area contributed by atoms with Crippen molar-refractivity contribution in [1.29, 1.82) is 0 Å². The molecular weight excluding hydrogens is 207 g/mol. The van der Waals surface area contributed by atoms with E-state index >= 15 is 0 Å². The smallest absolute Gasteiger partial charge is 0.137 e. The summed E-state index contributed by atoms with van der Waals surface area (Å²) >= 11 is 0. The van der Waals surface area contributed by atoms with Gasteiger partial charge in [-0.3, -0.25) is 4.79 Å². The van der Waals surface area contributed by atoms with Crippen molar-refractivity contribution in [3.63, 3.8) is 0 Å². The van der Waals surface area contributed by atoms with Crippen molar-refractivity contribution < 1.29 is 9.18 Å². The zero-order chi connectivity index (χ0) is 11.5. The first-order chi connectivity index (χ1) is 7.66. The minimum Gasteiger partial charge on any atom is -0.342 e. The Morgan fingerprint density at radius 2 is 2.19 bits per heavy atom. The van der Waals surface area contributed by atoms with Crippen LogP contribution in [0.15, 0.2) is 30.5 Å². The van der Waals surface area contributed by atoms with Crippen molar-refractivity contribution in [2.45, 2.75) is 13.3 Å². The Hall–Kier alpha value is -1.97. The van der Waals surface area contributed by atoms with E-state index in [1.54, 1.807) is 18.2 Å². The molecule has 1 aromatic carbocycles. The monoisotopic (exact) mass is 218 g/mol. The third-order valence-electron chi connectivity index (χ3n) is 2.21. The molecule has 0 aliphatic carbocycles. The van der Waals surface area contributed by atoms with Crippen LogP contribution in [0.2, 0.25) is 0 Å². The molecule has 0 spiro atoms. The summed E-state index contributed by atoms with van der Waals surface area (Å²) in [6.45, 7) is 1.49. The predicted octanol–water partition coefficient (Wildman–Crippen LogP) is 2.35. The third kappa shape index (κ3) is 2.16. The second kappa shape index (κ2) is 4.26. The van der Waals surface area contributed by atoms with Gasteiger partial charge in [0.15, 0.2) is 0 Å². The molecule has 0 aliphatic heterocycles. The van der Waals surface area contributed by atoms with Gasteiger partial charge in [-0.1, -0.05) is 12.1 Å². The van der Waals surface area contributed by atoms with E-state index in [1.807, 2.05) is 0 Å². The Morgan fingerprint density at radius 3 is 2.88 bits per heavy atom. The molecule has 1 N–H and O–H groups in total. The second-order valence-electron chi connectivity index (χ2n) is 3.60. The van der Waals surface area contributed by atoms with Crippen molar-refractivity contribution in [2.75, 3.05) is 0 Å². The number of hydrogen-bond donors (Lipinski definition) is 1. The summed E-state index contributed by atoms with van der Waals surface area (Å²) < 4.78 is 13.4. The lowest BCUT2D eigenvalue weighted by Gasteiger charge is -1.98. The summed E-state index contributed by atoms with van der Waals surface area (Å²) in [4.78, 5) is 17.9. The van der Waals surface area contributed by atoms with Gasteiger partial charge in [0.1, 0.15) is 17.4 Å². The fourth-order valence-electron chi connectivity index (χ4n) is 1.50. The zero-order valence-electron chi connectivity index (χ0n) is 8.83. The fourth-order valence-corrected chi connectivity index (χ4v) is 1.50. The lowest BCUT2D eigenvalue weighted by Crippen LogP contribution is -1.98. The first kappa shape index (κ1) is 10.5. The number of hydrogen-bond acceptors (Lipinski definition) is 2. The zero-order valence-corrected chi connectivity index (χ0v) is 8.83. The number of ketones is 1. The van der Waals surface area contributed by atoms with Crippen molar-refractivity contribution >= 4 is 5.78 Å². The van der Waals surface area contributed by atoms with Crippen LogP contribution in [0.5, 0.6) is 0 Å². The molecule has 2 aromatic rings. The SMILES string of the molecule is CC(=O)Cc1ncc(-c2ccccc2F)[nH]1. The van der Waals surface area contributed by atoms with Crippen molar-refractivity contribution in [3.8, 4) is 11.3 Å². The molecule has 0 aliphatic rings. The molecular formula is C12H11FN2O. The Morgan fingerprint density at radius 1 is 1.44 bits per heavy atom. The van der Waals surface area contributed by atoms with Gasteiger partial charge in [0, 0.05) is 5.56 Å². The van der Waals surface area contributed by atoms with E-state index in [4.69, 9.17) is 0 Å². The van der Waals surface area contributed by atoms with Crippen molar-refractivity contribution in [3.05, 3.63) is 42.1 Å². The number of imidazole rings is 1. The Kier molecular flexibility index (Phi) is 2.81. The van der Waals surface area contributed by atoms with Gasteiger partial charge in [0.25, 0.3) is 0 Å². The van der Waals surface area contributed by atoms with Gasteiger partial charge in [-0.15, -0.1) is 0 Å². The maximum Gasteiger partial charge on any atom is 0.137 e. The standard InChI is InChI=1S/C12H11FN2O/c1-8(16)6-12-14-7-11(15-12)9-4-2-3-5-10(9)13/h2-5,7H,6H2,1H3,(H,14,15). The molecule has 0 saturated carbocycles. The summed E-state index contributed by atoms with van der Waals surface area (Å²) in [5, 5.41) is 0. The average Bonchev–Trinajstić information content (AvgIpc) is 2.66. The quantitative estimate of drug-likeness (QED) is 0.859. The highest BCUT2D eigenvalue weighted by atomic mass is 19.1. The van der Waals surface area contributed by atoms with E-state index in [9.17, 15) is 9.18 Å². The van der Waals surface area contributed by atoms with Crippen LogP contribution in [0.1, 0.15) is 12.7 Å². The molecule has 0 amide bonds. The van der Waals surface area contributed by atoms with Gasteiger partial charge in [0.05, 0.1) is 18.3 Å². The highest BCUT2D eigenvalue weighted by Gasteiger charge is 2.08. The molecule has 0 saturated heterocycles. The summed E-state index contributed by atoms with van der Waals surface area (Å²) in [7, 11) is 0. The van der Waals surface area contributed by atoms with Gasteiger partial charge in [-0.2, -0.15) is 0 Å². The minimum atomic E-state index is -0.305. The maximum atomic E-state index is 13.4. The number of Topliss-reactive ketones (excluding diaryl/α,β-unsaturated/α-hetero) is 1. The van der Waals surface area contributed by atoms with Crippen LogP contribution in [0, 0.1) is 5.82 Å². The number of nitrogens with zero attached hydrogens (tertiary/aromatic N) is 1. The molecule has 82 valence electrons. The number of aromatic nitrogens is 2. The molecule has 0 fully saturated rings. The topological polar surface area (TPSA) is 45.8 Å². The summed E-state index contributed by atoms with van der Waals surface area (Å²) in [5.41, 5.74) is 1.05. The molecule has 1 aromatic heterocycles. The van der Waals surface area contributed by atoms with Gasteiger partial charge in [-0.25, -0.2) is 9.37 Å². The van der Waals surface area contributed by atoms with Crippen molar-refractivity contribution in [1.82, 2.24) is 9.97 Å². The maximum absolute atomic E-state index is 13.4. The Balaban J connectivity index is 2.32. The molecule has 4 heteroatoms. The Bertz CT molecular complexity index is 519. The van der Waals surface area contributed by atoms with Crippen LogP contribution in [-0.4, -0.2) is 15.8 Å². The number of carbonyl (C=O) groups excluding carboxylic acids is 1. The third-order valence-corrected chi connectivity index (χ3v) is 2.21. The number of benzene rings is 1. The van der Waals surface area contributed by atoms with Crippen LogP contribution >= 0.6 is 0 Å². The van der Waals surface area contributed by atoms with Gasteiger partial charge in [0.2, 0.25) is 0 Å². The first-order valence-corrected chi connectivity index (χ1v) is 4.95. The summed E-state index contributed by atoms with van der Waals surface area (Å²) in [6.07, 6.45) is 1.78. The highest BCUT2D eigenvalue weighted by Crippen LogP contribution is 2.20. The summed E-state index contributed by atoms with van der Waals surface area (Å²) in [6, 6.07) is 6.44. The van der Waals surface area contributed by atoms with E-state index in [-0.39, 0.29) is 18.0 Å². The molecule has 0 atom stereocenters. The van der Waals surface area contributed by atoms with E-state index in [2.05, 4.69) is 9.97 Å². The largest absolute Gasteiger partial charge is 0.342 e. The van der Waals surface area contributed by atoms with Crippen LogP contribution < -0.4 is 0 Å². The number of nitrogens with one attached hydrogen (secondary N) is 1. The van der Waals surface area contributed by atoms with Gasteiger partial charge in [-0.05, 0) is 19.1 Å². The number of aromatic amines is 1. The highest BCUT2D eigenvalue weighted by molar-refractivity contribution is 5.77. The number of H-pyrrole nitrogens is 1. The molecule has 0 unspecified atom stereocenters. The van der Waals surface area contributed by atoms with Crippen LogP contribution in [0.3, 0.4) is 0 Å². The average molecular weight is 218 g/mol. The minimum absolute atomic E-state index is 0.0226. The van der Waals surface area contributed by atoms with E-state index in [0.717, 1.165) is 0 Å². The van der Waals surface area contributed by atoms with Crippen LogP contribution in [0.25, 0.3) is 11.3 Å². The second-order valence-corrected chi connectivity index (χ2v) is 3.60. The number of carbonyl (C=O) groups is 1. The molecule has 16 heavy (non-hydrogen) atoms. The lowest BCUT2D eigenvalue weighted by atomic mass is 10.1. The van der Waals surface area contributed by atoms with E-state index in [1.165, 1.54) is 19.2 Å². The van der Waals surface area contributed by atoms with Gasteiger partial charge >= 0.3 is 0 Å². The number of rotatable bonds is 3. The van der Waals surface area contributed by atoms with Crippen molar-refractivity contribution in [2.24, 2.45) is 0 Å². The predicted molar refractivity (Wildman–Crippen MR) is 58.4 cm³/mol. The van der Waals surface area contributed by atoms with Crippen LogP contribution in [-0.2, 0) is 11.2 Å². The first-order valence-electron chi connectivity index (χ1n) is 4.95. The van der Waals surface area contributed by atoms with E-state index in [0.29, 0.717) is 17.1 Å². The van der Waals surface area contributed by atoms with Crippen LogP contribution in [0.4, 0.5) is 4.39 Å². The molecule has 2 rings (SSSR count). The normalized spacial score (nSPS) is 10.4. The number of halogens is 1. The van der Waals surface area contributed by atoms with E-state index < -0.39 is 0 Å². The Labute approximate surface area is 92.3 Å². The molecule has 3 nitrogen and oxygen atoms in total. The summed E-state index contributed by atoms with van der Waals surface area (Å²) in [5.74, 6) is 0.278. The lowest BCUT2D eigenvalue weighted by molar-refractivity contribution is -0.116. The molecule has 1 heterocycles. The molecule has 0 radical (unpaired) electrons. The molecule has 0 bridgehead atoms. The fraction of sp³-hybridized carbons (Fsp3) is 0.167. The van der Waals surface area contributed by atoms with Gasteiger partial charge < -0.3 is 4.98 Å².